The molecule has 0 radical (unpaired) electrons. The van der Waals surface area contributed by atoms with Gasteiger partial charge in [-0.3, -0.25) is 0 Å². The van der Waals surface area contributed by atoms with Crippen molar-refractivity contribution < 1.29 is 0 Å². The highest BCUT2D eigenvalue weighted by atomic mass is 32.1. The molecule has 146 valence electrons. The second-order valence-electron chi connectivity index (χ2n) is 6.39. The van der Waals surface area contributed by atoms with Crippen molar-refractivity contribution in [2.24, 2.45) is 0 Å². The van der Waals surface area contributed by atoms with E-state index >= 15 is 0 Å². The fourth-order valence-electron chi connectivity index (χ4n) is 2.36. The zero-order valence-electron chi connectivity index (χ0n) is 16.5. The summed E-state index contributed by atoms with van der Waals surface area (Å²) >= 11 is 10.4. The summed E-state index contributed by atoms with van der Waals surface area (Å²) in [5, 5.41) is 6.44. The smallest absolute Gasteiger partial charge is 0.0797 e. The number of nitrogens with one attached hydrogen (secondary N) is 2. The van der Waals surface area contributed by atoms with Crippen molar-refractivity contribution in [3.8, 4) is 0 Å². The van der Waals surface area contributed by atoms with Crippen LogP contribution in [0.3, 0.4) is 0 Å². The third-order valence-corrected chi connectivity index (χ3v) is 4.49. The molecule has 0 atom stereocenters. The Morgan fingerprint density at radius 1 is 0.630 bits per heavy atom. The highest BCUT2D eigenvalue weighted by molar-refractivity contribution is 7.80. The maximum absolute atomic E-state index is 5.24. The maximum atomic E-state index is 5.24. The summed E-state index contributed by atoms with van der Waals surface area (Å²) in [6.45, 7) is 4.37. The van der Waals surface area contributed by atoms with Gasteiger partial charge in [-0.2, -0.15) is 0 Å². The topological polar surface area (TPSA) is 24.1 Å². The molecule has 2 aromatic rings. The Morgan fingerprint density at radius 2 is 1.04 bits per heavy atom. The van der Waals surface area contributed by atoms with E-state index in [2.05, 4.69) is 24.5 Å². The third-order valence-electron chi connectivity index (χ3n) is 3.88. The van der Waals surface area contributed by atoms with Gasteiger partial charge in [0.25, 0.3) is 0 Å². The van der Waals surface area contributed by atoms with Crippen LogP contribution >= 0.6 is 24.4 Å². The number of rotatable bonds is 9. The lowest BCUT2D eigenvalue weighted by atomic mass is 10.2. The largest absolute Gasteiger partial charge is 0.350 e. The van der Waals surface area contributed by atoms with Crippen molar-refractivity contribution in [1.29, 1.82) is 0 Å². The zero-order chi connectivity index (χ0) is 19.7. The SMILES string of the molecule is CCCCC(=S)Nc1ccccc1.CCCCCC(=S)Nc1ccccc1. The van der Waals surface area contributed by atoms with Crippen molar-refractivity contribution in [3.63, 3.8) is 0 Å². The van der Waals surface area contributed by atoms with Crippen LogP contribution in [0.1, 0.15) is 58.8 Å². The van der Waals surface area contributed by atoms with E-state index in [-0.39, 0.29) is 0 Å². The molecule has 0 aromatic heterocycles. The molecule has 27 heavy (non-hydrogen) atoms. The summed E-state index contributed by atoms with van der Waals surface area (Å²) in [4.78, 5) is 1.89. The van der Waals surface area contributed by atoms with Crippen molar-refractivity contribution in [2.45, 2.75) is 58.8 Å². The molecule has 0 heterocycles. The predicted molar refractivity (Wildman–Crippen MR) is 129 cm³/mol. The average molecular weight is 401 g/mol. The molecular weight excluding hydrogens is 368 g/mol. The van der Waals surface area contributed by atoms with Crippen molar-refractivity contribution in [2.75, 3.05) is 10.6 Å². The van der Waals surface area contributed by atoms with Crippen LogP contribution in [0.5, 0.6) is 0 Å². The molecule has 0 aliphatic rings. The minimum absolute atomic E-state index is 0.938. The van der Waals surface area contributed by atoms with Crippen molar-refractivity contribution >= 4 is 45.8 Å². The number of thiocarbonyl (C=S) groups is 2. The lowest BCUT2D eigenvalue weighted by Gasteiger charge is -2.06. The number of benzene rings is 2. The molecule has 4 heteroatoms. The molecule has 2 nitrogen and oxygen atoms in total. The van der Waals surface area contributed by atoms with Gasteiger partial charge in [0.1, 0.15) is 0 Å². The van der Waals surface area contributed by atoms with Gasteiger partial charge in [-0.1, -0.05) is 93.9 Å². The molecule has 0 aliphatic carbocycles. The monoisotopic (exact) mass is 400 g/mol. The number of anilines is 2. The second kappa shape index (κ2) is 15.3. The molecule has 0 saturated heterocycles. The van der Waals surface area contributed by atoms with E-state index in [1.54, 1.807) is 0 Å². The highest BCUT2D eigenvalue weighted by Crippen LogP contribution is 2.09. The van der Waals surface area contributed by atoms with Gasteiger partial charge >= 0.3 is 0 Å². The van der Waals surface area contributed by atoms with Gasteiger partial charge in [-0.05, 0) is 49.9 Å². The molecule has 0 amide bonds. The normalized spacial score (nSPS) is 9.70. The van der Waals surface area contributed by atoms with Gasteiger partial charge in [0.15, 0.2) is 0 Å². The maximum Gasteiger partial charge on any atom is 0.0797 e. The van der Waals surface area contributed by atoms with Gasteiger partial charge in [-0.15, -0.1) is 0 Å². The number of para-hydroxylation sites is 2. The minimum Gasteiger partial charge on any atom is -0.350 e. The van der Waals surface area contributed by atoms with E-state index in [0.29, 0.717) is 0 Å². The summed E-state index contributed by atoms with van der Waals surface area (Å²) in [6.07, 6.45) is 8.04. The molecule has 2 N–H and O–H groups in total. The van der Waals surface area contributed by atoms with E-state index < -0.39 is 0 Å². The molecule has 2 rings (SSSR count). The van der Waals surface area contributed by atoms with Crippen LogP contribution < -0.4 is 10.6 Å². The first-order chi connectivity index (χ1) is 13.2. The Kier molecular flexibility index (Phi) is 13.2. The fourth-order valence-corrected chi connectivity index (χ4v) is 2.89. The first-order valence-electron chi connectivity index (χ1n) is 9.85. The van der Waals surface area contributed by atoms with E-state index in [0.717, 1.165) is 34.2 Å². The lowest BCUT2D eigenvalue weighted by molar-refractivity contribution is 0.744. The van der Waals surface area contributed by atoms with Crippen LogP contribution in [0.15, 0.2) is 60.7 Å². The van der Waals surface area contributed by atoms with Gasteiger partial charge < -0.3 is 10.6 Å². The molecule has 0 fully saturated rings. The first-order valence-corrected chi connectivity index (χ1v) is 10.7. The standard InChI is InChI=1S/C12H17NS.C11H15NS/c1-2-3-5-10-12(14)13-11-8-6-4-7-9-11;1-2-3-9-11(13)12-10-7-5-4-6-8-10/h4,6-9H,2-3,5,10H2,1H3,(H,13,14);4-8H,2-3,9H2,1H3,(H,12,13). The number of unbranched alkanes of at least 4 members (excludes halogenated alkanes) is 3. The van der Waals surface area contributed by atoms with Crippen LogP contribution in [0.2, 0.25) is 0 Å². The number of hydrogen-bond acceptors (Lipinski definition) is 2. The highest BCUT2D eigenvalue weighted by Gasteiger charge is 1.97. The molecule has 2 aromatic carbocycles. The summed E-state index contributed by atoms with van der Waals surface area (Å²) in [6, 6.07) is 20.2. The molecule has 0 spiro atoms. The molecule has 0 aliphatic heterocycles. The third kappa shape index (κ3) is 12.3. The van der Waals surface area contributed by atoms with Crippen LogP contribution in [0.25, 0.3) is 0 Å². The van der Waals surface area contributed by atoms with E-state index in [1.165, 1.54) is 32.1 Å². The summed E-state index contributed by atoms with van der Waals surface area (Å²) in [7, 11) is 0. The summed E-state index contributed by atoms with van der Waals surface area (Å²) in [5.74, 6) is 0. The Balaban J connectivity index is 0.000000271. The van der Waals surface area contributed by atoms with Gasteiger partial charge in [-0.25, -0.2) is 0 Å². The van der Waals surface area contributed by atoms with Gasteiger partial charge in [0.2, 0.25) is 0 Å². The van der Waals surface area contributed by atoms with Gasteiger partial charge in [0, 0.05) is 11.4 Å². The lowest BCUT2D eigenvalue weighted by Crippen LogP contribution is -2.08. The predicted octanol–water partition coefficient (Wildman–Crippen LogP) is 7.62. The Hall–Kier alpha value is -1.78. The number of hydrogen-bond donors (Lipinski definition) is 2. The second-order valence-corrected chi connectivity index (χ2v) is 7.37. The van der Waals surface area contributed by atoms with Crippen molar-refractivity contribution in [3.05, 3.63) is 60.7 Å². The zero-order valence-corrected chi connectivity index (χ0v) is 18.2. The van der Waals surface area contributed by atoms with E-state index in [1.807, 2.05) is 60.7 Å². The quantitative estimate of drug-likeness (QED) is 0.334. The summed E-state index contributed by atoms with van der Waals surface area (Å²) in [5.41, 5.74) is 2.18. The van der Waals surface area contributed by atoms with Crippen LogP contribution in [-0.4, -0.2) is 9.98 Å². The Labute approximate surface area is 175 Å². The average Bonchev–Trinajstić information content (AvgIpc) is 2.69. The van der Waals surface area contributed by atoms with E-state index in [4.69, 9.17) is 24.4 Å². The fraction of sp³-hybridized carbons (Fsp3) is 0.391. The Bertz CT molecular complexity index is 642. The van der Waals surface area contributed by atoms with Crippen LogP contribution in [0, 0.1) is 0 Å². The van der Waals surface area contributed by atoms with Gasteiger partial charge in [0.05, 0.1) is 9.98 Å². The molecule has 0 saturated carbocycles. The first kappa shape index (κ1) is 23.3. The molecule has 0 bridgehead atoms. The van der Waals surface area contributed by atoms with Crippen LogP contribution in [0.4, 0.5) is 11.4 Å². The molecular formula is C23H32N2S2. The van der Waals surface area contributed by atoms with Crippen molar-refractivity contribution in [1.82, 2.24) is 0 Å². The summed E-state index contributed by atoms with van der Waals surface area (Å²) < 4.78 is 0. The minimum atomic E-state index is 0.938. The van der Waals surface area contributed by atoms with Crippen LogP contribution in [-0.2, 0) is 0 Å². The molecule has 0 unspecified atom stereocenters. The Morgan fingerprint density at radius 3 is 1.44 bits per heavy atom. The van der Waals surface area contributed by atoms with E-state index in [9.17, 15) is 0 Å².